The summed E-state index contributed by atoms with van der Waals surface area (Å²) in [5.74, 6) is -0.425. The van der Waals surface area contributed by atoms with E-state index < -0.39 is 0 Å². The first-order chi connectivity index (χ1) is 11.7. The normalized spacial score (nSPS) is 10.7. The molecule has 134 valence electrons. The van der Waals surface area contributed by atoms with Gasteiger partial charge in [-0.05, 0) is 38.0 Å². The quantitative estimate of drug-likeness (QED) is 0.805. The van der Waals surface area contributed by atoms with E-state index in [9.17, 15) is 9.59 Å². The molecule has 0 aliphatic rings. The number of benzene rings is 1. The molecule has 1 N–H and O–H groups in total. The fourth-order valence-corrected chi connectivity index (χ4v) is 2.94. The summed E-state index contributed by atoms with van der Waals surface area (Å²) < 4.78 is 6.93. The Kier molecular flexibility index (Phi) is 5.75. The average molecular weight is 384 g/mol. The van der Waals surface area contributed by atoms with Crippen LogP contribution in [0.4, 0.5) is 0 Å². The first kappa shape index (κ1) is 19.3. The molecule has 0 atom stereocenters. The topological polar surface area (TPSA) is 73.2 Å². The Labute approximate surface area is 156 Å². The van der Waals surface area contributed by atoms with Crippen molar-refractivity contribution in [1.29, 1.82) is 0 Å². The number of hydrogen-bond donors (Lipinski definition) is 1. The van der Waals surface area contributed by atoms with E-state index in [1.807, 2.05) is 6.92 Å². The second kappa shape index (κ2) is 7.45. The molecule has 0 fully saturated rings. The van der Waals surface area contributed by atoms with Gasteiger partial charge < -0.3 is 10.1 Å². The van der Waals surface area contributed by atoms with Crippen LogP contribution in [0, 0.1) is 20.8 Å². The van der Waals surface area contributed by atoms with Crippen molar-refractivity contribution in [1.82, 2.24) is 15.1 Å². The highest BCUT2D eigenvalue weighted by Crippen LogP contribution is 2.34. The van der Waals surface area contributed by atoms with E-state index >= 15 is 0 Å². The molecule has 0 saturated heterocycles. The van der Waals surface area contributed by atoms with Gasteiger partial charge in [0.2, 0.25) is 11.7 Å². The van der Waals surface area contributed by atoms with E-state index in [0.29, 0.717) is 26.9 Å². The van der Waals surface area contributed by atoms with Crippen LogP contribution in [0.3, 0.4) is 0 Å². The molecule has 2 rings (SSSR count). The summed E-state index contributed by atoms with van der Waals surface area (Å²) in [5.41, 5.74) is 2.47. The van der Waals surface area contributed by atoms with Gasteiger partial charge in [-0.15, -0.1) is 0 Å². The van der Waals surface area contributed by atoms with Crippen molar-refractivity contribution in [3.05, 3.63) is 44.1 Å². The maximum Gasteiger partial charge on any atom is 0.257 e. The maximum atomic E-state index is 13.1. The standard InChI is InChI=1S/C17H19Cl2N3O3/c1-8-6-11(15(19)9(2)14(8)18)16(24)13-10(3)21-22(5)17(13)25-7-12(23)20-4/h6H,7H2,1-5H3,(H,20,23). The van der Waals surface area contributed by atoms with Gasteiger partial charge in [-0.1, -0.05) is 23.2 Å². The molecule has 1 heterocycles. The minimum absolute atomic E-state index is 0.215. The number of ether oxygens (including phenoxy) is 1. The highest BCUT2D eigenvalue weighted by molar-refractivity contribution is 6.39. The largest absolute Gasteiger partial charge is 0.467 e. The highest BCUT2D eigenvalue weighted by Gasteiger charge is 2.26. The molecule has 25 heavy (non-hydrogen) atoms. The molecule has 0 saturated carbocycles. The second-order valence-corrected chi connectivity index (χ2v) is 6.43. The lowest BCUT2D eigenvalue weighted by Crippen LogP contribution is -2.25. The van der Waals surface area contributed by atoms with Gasteiger partial charge in [0.1, 0.15) is 5.56 Å². The maximum absolute atomic E-state index is 13.1. The molecule has 6 nitrogen and oxygen atoms in total. The number of aromatic nitrogens is 2. The lowest BCUT2D eigenvalue weighted by Gasteiger charge is -2.12. The van der Waals surface area contributed by atoms with Crippen molar-refractivity contribution in [2.75, 3.05) is 13.7 Å². The fourth-order valence-electron chi connectivity index (χ4n) is 2.51. The van der Waals surface area contributed by atoms with Crippen molar-refractivity contribution in [3.8, 4) is 5.88 Å². The number of likely N-dealkylation sites (N-methyl/N-ethyl adjacent to an activating group) is 1. The molecule has 1 aromatic carbocycles. The van der Waals surface area contributed by atoms with Gasteiger partial charge in [0, 0.05) is 24.7 Å². The molecule has 0 bridgehead atoms. The number of hydrogen-bond acceptors (Lipinski definition) is 4. The Bertz CT molecular complexity index is 860. The third kappa shape index (κ3) is 3.65. The number of carbonyl (C=O) groups excluding carboxylic acids is 2. The fraction of sp³-hybridized carbons (Fsp3) is 0.353. The summed E-state index contributed by atoms with van der Waals surface area (Å²) in [7, 11) is 3.15. The molecular formula is C17H19Cl2N3O3. The Morgan fingerprint density at radius 1 is 1.24 bits per heavy atom. The van der Waals surface area contributed by atoms with Crippen molar-refractivity contribution < 1.29 is 14.3 Å². The van der Waals surface area contributed by atoms with Crippen LogP contribution in [0.25, 0.3) is 0 Å². The first-order valence-corrected chi connectivity index (χ1v) is 8.31. The number of nitrogens with one attached hydrogen (secondary N) is 1. The zero-order valence-electron chi connectivity index (χ0n) is 14.7. The number of aryl methyl sites for hydroxylation is 3. The summed E-state index contributed by atoms with van der Waals surface area (Å²) in [6, 6.07) is 1.65. The molecular weight excluding hydrogens is 365 g/mol. The minimum atomic E-state index is -0.328. The number of carbonyl (C=O) groups is 2. The third-order valence-electron chi connectivity index (χ3n) is 3.86. The van der Waals surface area contributed by atoms with E-state index in [1.165, 1.54) is 11.7 Å². The summed E-state index contributed by atoms with van der Waals surface area (Å²) in [5, 5.41) is 7.50. The Balaban J connectivity index is 2.52. The monoisotopic (exact) mass is 383 g/mol. The lowest BCUT2D eigenvalue weighted by molar-refractivity contribution is -0.122. The zero-order chi connectivity index (χ0) is 18.9. The number of ketones is 1. The van der Waals surface area contributed by atoms with Gasteiger partial charge >= 0.3 is 0 Å². The summed E-state index contributed by atoms with van der Waals surface area (Å²) in [4.78, 5) is 24.5. The van der Waals surface area contributed by atoms with Crippen LogP contribution >= 0.6 is 23.2 Å². The van der Waals surface area contributed by atoms with Crippen molar-refractivity contribution in [3.63, 3.8) is 0 Å². The predicted molar refractivity (Wildman–Crippen MR) is 96.9 cm³/mol. The second-order valence-electron chi connectivity index (χ2n) is 5.67. The number of halogens is 2. The highest BCUT2D eigenvalue weighted by atomic mass is 35.5. The molecule has 0 aliphatic heterocycles. The SMILES string of the molecule is CNC(=O)COc1c(C(=O)c2cc(C)c(Cl)c(C)c2Cl)c(C)nn1C. The van der Waals surface area contributed by atoms with Crippen LogP contribution in [-0.2, 0) is 11.8 Å². The van der Waals surface area contributed by atoms with Gasteiger partial charge in [-0.25, -0.2) is 4.68 Å². The van der Waals surface area contributed by atoms with Gasteiger partial charge in [0.25, 0.3) is 5.91 Å². The van der Waals surface area contributed by atoms with Crippen LogP contribution in [0.15, 0.2) is 6.07 Å². The molecule has 0 aliphatic carbocycles. The first-order valence-electron chi connectivity index (χ1n) is 7.55. The molecule has 8 heteroatoms. The number of nitrogens with zero attached hydrogens (tertiary/aromatic N) is 2. The van der Waals surface area contributed by atoms with Crippen LogP contribution in [-0.4, -0.2) is 35.1 Å². The molecule has 2 aromatic rings. The Hall–Kier alpha value is -2.05. The van der Waals surface area contributed by atoms with E-state index in [4.69, 9.17) is 27.9 Å². The minimum Gasteiger partial charge on any atom is -0.467 e. The van der Waals surface area contributed by atoms with Gasteiger partial charge in [-0.3, -0.25) is 9.59 Å². The van der Waals surface area contributed by atoms with Crippen molar-refractivity contribution >= 4 is 34.9 Å². The van der Waals surface area contributed by atoms with E-state index in [0.717, 1.165) is 5.56 Å². The van der Waals surface area contributed by atoms with E-state index in [-0.39, 0.29) is 29.7 Å². The van der Waals surface area contributed by atoms with E-state index in [2.05, 4.69) is 10.4 Å². The van der Waals surface area contributed by atoms with Gasteiger partial charge in [-0.2, -0.15) is 5.10 Å². The van der Waals surface area contributed by atoms with Crippen LogP contribution in [0.1, 0.15) is 32.7 Å². The third-order valence-corrected chi connectivity index (χ3v) is 4.93. The summed E-state index contributed by atoms with van der Waals surface area (Å²) in [6.45, 7) is 5.04. The summed E-state index contributed by atoms with van der Waals surface area (Å²) >= 11 is 12.5. The molecule has 0 radical (unpaired) electrons. The smallest absolute Gasteiger partial charge is 0.257 e. The molecule has 1 aromatic heterocycles. The average Bonchev–Trinajstić information content (AvgIpc) is 2.86. The van der Waals surface area contributed by atoms with Crippen molar-refractivity contribution in [2.45, 2.75) is 20.8 Å². The Morgan fingerprint density at radius 2 is 1.88 bits per heavy atom. The number of rotatable bonds is 5. The molecule has 0 unspecified atom stereocenters. The van der Waals surface area contributed by atoms with E-state index in [1.54, 1.807) is 27.0 Å². The molecule has 1 amide bonds. The van der Waals surface area contributed by atoms with Gasteiger partial charge in [0.05, 0.1) is 10.7 Å². The zero-order valence-corrected chi connectivity index (χ0v) is 16.2. The molecule has 0 spiro atoms. The summed E-state index contributed by atoms with van der Waals surface area (Å²) in [6.07, 6.45) is 0. The van der Waals surface area contributed by atoms with Crippen LogP contribution < -0.4 is 10.1 Å². The van der Waals surface area contributed by atoms with Crippen molar-refractivity contribution in [2.24, 2.45) is 7.05 Å². The van der Waals surface area contributed by atoms with Crippen LogP contribution in [0.2, 0.25) is 10.0 Å². The van der Waals surface area contributed by atoms with Crippen LogP contribution in [0.5, 0.6) is 5.88 Å². The Morgan fingerprint density at radius 3 is 2.48 bits per heavy atom. The predicted octanol–water partition coefficient (Wildman–Crippen LogP) is 3.01. The number of amides is 1. The van der Waals surface area contributed by atoms with Gasteiger partial charge in [0.15, 0.2) is 6.61 Å². The lowest BCUT2D eigenvalue weighted by atomic mass is 9.99.